The summed E-state index contributed by atoms with van der Waals surface area (Å²) in [7, 11) is -2.17. The van der Waals surface area contributed by atoms with Gasteiger partial charge in [-0.15, -0.1) is 11.6 Å². The fourth-order valence-corrected chi connectivity index (χ4v) is 11.6. The van der Waals surface area contributed by atoms with E-state index in [0.29, 0.717) is 35.0 Å². The monoisotopic (exact) mass is 465 g/mol. The van der Waals surface area contributed by atoms with E-state index in [-0.39, 0.29) is 12.0 Å². The van der Waals surface area contributed by atoms with Gasteiger partial charge in [0.2, 0.25) is 8.32 Å². The minimum atomic E-state index is -2.17. The lowest BCUT2D eigenvalue weighted by molar-refractivity contribution is 0.160. The molecular formula is C25H34ClF2NOSi. The van der Waals surface area contributed by atoms with Crippen molar-refractivity contribution in [2.45, 2.75) is 88.4 Å². The minimum absolute atomic E-state index is 0.196. The van der Waals surface area contributed by atoms with E-state index in [0.717, 1.165) is 17.3 Å². The zero-order valence-electron chi connectivity index (χ0n) is 19.3. The van der Waals surface area contributed by atoms with E-state index in [2.05, 4.69) is 46.5 Å². The van der Waals surface area contributed by atoms with E-state index in [1.165, 1.54) is 0 Å². The molecule has 3 atom stereocenters. The van der Waals surface area contributed by atoms with E-state index in [1.807, 2.05) is 12.1 Å². The summed E-state index contributed by atoms with van der Waals surface area (Å²) in [4.78, 5) is 4.69. The highest BCUT2D eigenvalue weighted by Gasteiger charge is 2.48. The van der Waals surface area contributed by atoms with Crippen LogP contribution in [0.15, 0.2) is 36.5 Å². The van der Waals surface area contributed by atoms with Crippen LogP contribution in [0.1, 0.15) is 88.6 Å². The van der Waals surface area contributed by atoms with Gasteiger partial charge in [-0.2, -0.15) is 0 Å². The quantitative estimate of drug-likeness (QED) is 0.242. The van der Waals surface area contributed by atoms with Crippen molar-refractivity contribution in [2.75, 3.05) is 0 Å². The molecule has 0 bridgehead atoms. The molecule has 3 rings (SSSR count). The summed E-state index contributed by atoms with van der Waals surface area (Å²) in [5.74, 6) is -1.99. The maximum atomic E-state index is 14.7. The van der Waals surface area contributed by atoms with Gasteiger partial charge >= 0.3 is 0 Å². The highest BCUT2D eigenvalue weighted by Crippen LogP contribution is 2.51. The molecule has 0 radical (unpaired) electrons. The van der Waals surface area contributed by atoms with Crippen LogP contribution in [-0.4, -0.2) is 13.3 Å². The third-order valence-electron chi connectivity index (χ3n) is 7.00. The first kappa shape index (κ1) is 24.3. The largest absolute Gasteiger partial charge is 0.408 e. The Morgan fingerprint density at radius 3 is 2.16 bits per heavy atom. The van der Waals surface area contributed by atoms with Gasteiger partial charge in [0.1, 0.15) is 0 Å². The van der Waals surface area contributed by atoms with Crippen molar-refractivity contribution in [3.63, 3.8) is 0 Å². The van der Waals surface area contributed by atoms with Gasteiger partial charge in [0.05, 0.1) is 17.2 Å². The second-order valence-corrected chi connectivity index (χ2v) is 15.5. The number of benzene rings is 1. The highest BCUT2D eigenvalue weighted by molar-refractivity contribution is 6.77. The van der Waals surface area contributed by atoms with Crippen LogP contribution < -0.4 is 0 Å². The Balaban J connectivity index is 2.06. The summed E-state index contributed by atoms with van der Waals surface area (Å²) in [5.41, 5.74) is 3.35. The molecule has 0 spiro atoms. The lowest BCUT2D eigenvalue weighted by Gasteiger charge is -2.44. The van der Waals surface area contributed by atoms with Crippen LogP contribution in [-0.2, 0) is 4.43 Å². The second kappa shape index (κ2) is 9.68. The Bertz CT molecular complexity index is 883. The maximum Gasteiger partial charge on any atom is 0.201 e. The molecule has 1 aromatic carbocycles. The number of pyridine rings is 1. The standard InChI is InChI=1S/C25H34ClF2NOSi/c1-15(2)31(16(3)4,17(5)6)30-22-13-12-18(19-9-7-11-21(27)24(19)28)23(26)20-10-8-14-29-25(20)22/h7-11,14-18,22-23H,12-13H2,1-6H3. The molecule has 0 N–H and O–H groups in total. The molecule has 6 heteroatoms. The number of rotatable bonds is 6. The van der Waals surface area contributed by atoms with Crippen molar-refractivity contribution in [2.24, 2.45) is 0 Å². The summed E-state index contributed by atoms with van der Waals surface area (Å²) >= 11 is 6.93. The van der Waals surface area contributed by atoms with E-state index < -0.39 is 25.3 Å². The SMILES string of the molecule is CC(C)[Si](OC1CCC(c2cccc(F)c2F)C(Cl)c2cccnc21)(C(C)C)C(C)C. The predicted molar refractivity (Wildman–Crippen MR) is 126 cm³/mol. The van der Waals surface area contributed by atoms with Crippen LogP contribution in [0.2, 0.25) is 16.6 Å². The number of alkyl halides is 1. The summed E-state index contributed by atoms with van der Waals surface area (Å²) in [5, 5.41) is -0.498. The van der Waals surface area contributed by atoms with E-state index in [1.54, 1.807) is 18.3 Å². The fourth-order valence-electron chi connectivity index (χ4n) is 5.65. The number of nitrogens with zero attached hydrogens (tertiary/aromatic N) is 1. The smallest absolute Gasteiger partial charge is 0.201 e. The number of aromatic nitrogens is 1. The number of halogens is 3. The van der Waals surface area contributed by atoms with Crippen molar-refractivity contribution in [3.05, 3.63) is 65.0 Å². The van der Waals surface area contributed by atoms with Crippen LogP contribution in [0.5, 0.6) is 0 Å². The molecule has 170 valence electrons. The molecule has 0 saturated carbocycles. The fraction of sp³-hybridized carbons (Fsp3) is 0.560. The lowest BCUT2D eigenvalue weighted by atomic mass is 9.89. The van der Waals surface area contributed by atoms with Crippen molar-refractivity contribution >= 4 is 19.9 Å². The summed E-state index contributed by atoms with van der Waals surface area (Å²) in [6.45, 7) is 13.6. The molecule has 1 aliphatic carbocycles. The van der Waals surface area contributed by atoms with Crippen LogP contribution in [0, 0.1) is 11.6 Å². The molecule has 2 aromatic rings. The minimum Gasteiger partial charge on any atom is -0.408 e. The van der Waals surface area contributed by atoms with Crippen molar-refractivity contribution in [3.8, 4) is 0 Å². The first-order valence-electron chi connectivity index (χ1n) is 11.3. The van der Waals surface area contributed by atoms with Crippen LogP contribution >= 0.6 is 11.6 Å². The Labute approximate surface area is 191 Å². The Kier molecular flexibility index (Phi) is 7.60. The van der Waals surface area contributed by atoms with Gasteiger partial charge in [-0.1, -0.05) is 59.7 Å². The van der Waals surface area contributed by atoms with Crippen molar-refractivity contribution in [1.29, 1.82) is 0 Å². The Morgan fingerprint density at radius 1 is 0.935 bits per heavy atom. The molecule has 3 unspecified atom stereocenters. The molecule has 0 aliphatic heterocycles. The molecule has 31 heavy (non-hydrogen) atoms. The van der Waals surface area contributed by atoms with E-state index in [9.17, 15) is 8.78 Å². The number of fused-ring (bicyclic) bond motifs is 1. The van der Waals surface area contributed by atoms with Gasteiger partial charge in [0, 0.05) is 12.1 Å². The Hall–Kier alpha value is -1.30. The van der Waals surface area contributed by atoms with Gasteiger partial charge in [0.25, 0.3) is 0 Å². The van der Waals surface area contributed by atoms with Gasteiger partial charge in [-0.3, -0.25) is 4.98 Å². The molecule has 1 heterocycles. The van der Waals surface area contributed by atoms with Gasteiger partial charge in [-0.25, -0.2) is 8.78 Å². The molecule has 1 aromatic heterocycles. The molecule has 0 fully saturated rings. The summed E-state index contributed by atoms with van der Waals surface area (Å²) < 4.78 is 35.8. The average Bonchev–Trinajstić information content (AvgIpc) is 2.84. The maximum absolute atomic E-state index is 14.7. The predicted octanol–water partition coefficient (Wildman–Crippen LogP) is 8.45. The molecular weight excluding hydrogens is 432 g/mol. The first-order chi connectivity index (χ1) is 14.6. The van der Waals surface area contributed by atoms with Gasteiger partial charge in [0.15, 0.2) is 11.6 Å². The highest BCUT2D eigenvalue weighted by atomic mass is 35.5. The Morgan fingerprint density at radius 2 is 1.55 bits per heavy atom. The normalized spacial score (nSPS) is 22.1. The number of hydrogen-bond donors (Lipinski definition) is 0. The number of hydrogen-bond acceptors (Lipinski definition) is 2. The van der Waals surface area contributed by atoms with E-state index >= 15 is 0 Å². The zero-order chi connectivity index (χ0) is 22.9. The third kappa shape index (κ3) is 4.46. The third-order valence-corrected chi connectivity index (χ3v) is 13.6. The lowest BCUT2D eigenvalue weighted by Crippen LogP contribution is -2.48. The van der Waals surface area contributed by atoms with Crippen LogP contribution in [0.3, 0.4) is 0 Å². The van der Waals surface area contributed by atoms with Crippen LogP contribution in [0.25, 0.3) is 0 Å². The van der Waals surface area contributed by atoms with Gasteiger partial charge < -0.3 is 4.43 Å². The second-order valence-electron chi connectivity index (χ2n) is 9.63. The topological polar surface area (TPSA) is 22.1 Å². The zero-order valence-corrected chi connectivity index (χ0v) is 21.1. The molecule has 0 saturated heterocycles. The average molecular weight is 466 g/mol. The van der Waals surface area contributed by atoms with Crippen molar-refractivity contribution in [1.82, 2.24) is 4.98 Å². The van der Waals surface area contributed by atoms with Gasteiger partial charge in [-0.05, 0) is 52.7 Å². The molecule has 2 nitrogen and oxygen atoms in total. The van der Waals surface area contributed by atoms with E-state index in [4.69, 9.17) is 16.0 Å². The molecule has 0 amide bonds. The van der Waals surface area contributed by atoms with Crippen molar-refractivity contribution < 1.29 is 13.2 Å². The molecule has 1 aliphatic rings. The van der Waals surface area contributed by atoms with Crippen LogP contribution in [0.4, 0.5) is 8.78 Å². The summed E-state index contributed by atoms with van der Waals surface area (Å²) in [6.07, 6.45) is 2.85. The first-order valence-corrected chi connectivity index (χ1v) is 13.9. The summed E-state index contributed by atoms with van der Waals surface area (Å²) in [6, 6.07) is 8.15.